The van der Waals surface area contributed by atoms with E-state index in [2.05, 4.69) is 15.7 Å². The maximum atomic E-state index is 12.5. The van der Waals surface area contributed by atoms with Crippen LogP contribution in [0.3, 0.4) is 0 Å². The van der Waals surface area contributed by atoms with Crippen molar-refractivity contribution >= 4 is 23.3 Å². The molecule has 0 aliphatic carbocycles. The number of hydrogen-bond acceptors (Lipinski definition) is 3. The lowest BCUT2D eigenvalue weighted by atomic mass is 10.1. The van der Waals surface area contributed by atoms with Gasteiger partial charge in [0.05, 0.1) is 12.6 Å². The minimum absolute atomic E-state index is 0.0345. The van der Waals surface area contributed by atoms with Gasteiger partial charge in [-0.25, -0.2) is 4.68 Å². The number of nitrogens with zero attached hydrogens (tertiary/aromatic N) is 2. The molecule has 1 atom stereocenters. The fourth-order valence-corrected chi connectivity index (χ4v) is 3.37. The number of benzene rings is 2. The summed E-state index contributed by atoms with van der Waals surface area (Å²) in [6.07, 6.45) is 2.58. The second kappa shape index (κ2) is 7.07. The molecule has 0 fully saturated rings. The molecule has 1 aliphatic heterocycles. The molecular weight excluding hydrogens is 340 g/mol. The number of amides is 2. The molecule has 1 aromatic heterocycles. The molecule has 6 nitrogen and oxygen atoms in total. The highest BCUT2D eigenvalue weighted by molar-refractivity contribution is 6.04. The van der Waals surface area contributed by atoms with Gasteiger partial charge in [0.1, 0.15) is 11.9 Å². The second-order valence-corrected chi connectivity index (χ2v) is 6.49. The van der Waals surface area contributed by atoms with Gasteiger partial charge in [-0.15, -0.1) is 0 Å². The molecule has 1 unspecified atom stereocenters. The van der Waals surface area contributed by atoms with E-state index in [4.69, 9.17) is 0 Å². The molecule has 1 aliphatic rings. The number of aromatic nitrogens is 2. The molecule has 27 heavy (non-hydrogen) atoms. The molecule has 2 heterocycles. The van der Waals surface area contributed by atoms with Gasteiger partial charge in [0.2, 0.25) is 5.91 Å². The number of nitrogens with one attached hydrogen (secondary N) is 2. The molecular formula is C21H20N4O2. The van der Waals surface area contributed by atoms with Gasteiger partial charge < -0.3 is 10.6 Å². The predicted octanol–water partition coefficient (Wildman–Crippen LogP) is 3.63. The third kappa shape index (κ3) is 3.21. The monoisotopic (exact) mass is 360 g/mol. The number of aryl methyl sites for hydroxylation is 1. The first-order chi connectivity index (χ1) is 13.2. The van der Waals surface area contributed by atoms with Crippen LogP contribution in [0, 0.1) is 0 Å². The Labute approximate surface area is 157 Å². The van der Waals surface area contributed by atoms with Gasteiger partial charge in [-0.2, -0.15) is 5.10 Å². The Kier molecular flexibility index (Phi) is 4.46. The standard InChI is InChI=1S/C21H20N4O2/c1-2-14-8-6-7-11-17(14)23-19(26)12-18-21(27)24-20-16(13-22-25(18)20)15-9-4-3-5-10-15/h3-11,13,18H,2,12H2,1H3,(H,23,26)(H,24,27). The third-order valence-electron chi connectivity index (χ3n) is 4.77. The van der Waals surface area contributed by atoms with Crippen LogP contribution in [0.5, 0.6) is 0 Å². The van der Waals surface area contributed by atoms with Crippen LogP contribution in [0.25, 0.3) is 11.1 Å². The predicted molar refractivity (Wildman–Crippen MR) is 104 cm³/mol. The number of hydrogen-bond donors (Lipinski definition) is 2. The molecule has 2 N–H and O–H groups in total. The van der Waals surface area contributed by atoms with Gasteiger partial charge in [0.25, 0.3) is 5.91 Å². The highest BCUT2D eigenvalue weighted by atomic mass is 16.2. The lowest BCUT2D eigenvalue weighted by Gasteiger charge is -2.12. The van der Waals surface area contributed by atoms with E-state index < -0.39 is 6.04 Å². The zero-order valence-corrected chi connectivity index (χ0v) is 15.0. The van der Waals surface area contributed by atoms with Crippen LogP contribution in [0.1, 0.15) is 24.9 Å². The van der Waals surface area contributed by atoms with Crippen LogP contribution in [-0.4, -0.2) is 21.6 Å². The molecule has 0 saturated carbocycles. The Balaban J connectivity index is 1.54. The topological polar surface area (TPSA) is 76.0 Å². The smallest absolute Gasteiger partial charge is 0.251 e. The Hall–Kier alpha value is -3.41. The van der Waals surface area contributed by atoms with Crippen LogP contribution in [0.15, 0.2) is 60.8 Å². The van der Waals surface area contributed by atoms with Gasteiger partial charge >= 0.3 is 0 Å². The largest absolute Gasteiger partial charge is 0.326 e. The Morgan fingerprint density at radius 1 is 1.15 bits per heavy atom. The number of para-hydroxylation sites is 1. The number of fused-ring (bicyclic) bond motifs is 1. The van der Waals surface area contributed by atoms with Gasteiger partial charge in [0, 0.05) is 11.3 Å². The van der Waals surface area contributed by atoms with Crippen molar-refractivity contribution in [2.24, 2.45) is 0 Å². The van der Waals surface area contributed by atoms with Crippen molar-refractivity contribution in [3.8, 4) is 11.1 Å². The van der Waals surface area contributed by atoms with Crippen molar-refractivity contribution in [2.75, 3.05) is 10.6 Å². The number of carbonyl (C=O) groups is 2. The number of anilines is 2. The zero-order valence-electron chi connectivity index (χ0n) is 15.0. The Morgan fingerprint density at radius 3 is 2.67 bits per heavy atom. The SMILES string of the molecule is CCc1ccccc1NC(=O)CC1C(=O)Nc2c(-c3ccccc3)cnn21. The van der Waals surface area contributed by atoms with Crippen molar-refractivity contribution in [2.45, 2.75) is 25.8 Å². The summed E-state index contributed by atoms with van der Waals surface area (Å²) in [4.78, 5) is 25.0. The summed E-state index contributed by atoms with van der Waals surface area (Å²) in [5.74, 6) is 0.216. The molecule has 0 radical (unpaired) electrons. The lowest BCUT2D eigenvalue weighted by molar-refractivity contribution is -0.123. The summed E-state index contributed by atoms with van der Waals surface area (Å²) in [5.41, 5.74) is 3.67. The Morgan fingerprint density at radius 2 is 1.89 bits per heavy atom. The summed E-state index contributed by atoms with van der Waals surface area (Å²) in [6, 6.07) is 16.8. The van der Waals surface area contributed by atoms with Crippen molar-refractivity contribution in [1.82, 2.24) is 9.78 Å². The van der Waals surface area contributed by atoms with E-state index in [-0.39, 0.29) is 18.2 Å². The average Bonchev–Trinajstić information content (AvgIpc) is 3.22. The van der Waals surface area contributed by atoms with E-state index in [1.165, 1.54) is 0 Å². The van der Waals surface area contributed by atoms with Crippen molar-refractivity contribution in [1.29, 1.82) is 0 Å². The zero-order chi connectivity index (χ0) is 18.8. The first kappa shape index (κ1) is 17.0. The fourth-order valence-electron chi connectivity index (χ4n) is 3.37. The molecule has 0 bridgehead atoms. The first-order valence-corrected chi connectivity index (χ1v) is 8.99. The minimum atomic E-state index is -0.647. The minimum Gasteiger partial charge on any atom is -0.326 e. The van der Waals surface area contributed by atoms with Crippen LogP contribution in [-0.2, 0) is 16.0 Å². The molecule has 0 spiro atoms. The Bertz CT molecular complexity index is 994. The molecule has 3 aromatic rings. The summed E-state index contributed by atoms with van der Waals surface area (Å²) >= 11 is 0. The fraction of sp³-hybridized carbons (Fsp3) is 0.190. The van der Waals surface area contributed by atoms with Gasteiger partial charge in [-0.1, -0.05) is 55.5 Å². The number of carbonyl (C=O) groups excluding carboxylic acids is 2. The van der Waals surface area contributed by atoms with Crippen molar-refractivity contribution in [3.05, 3.63) is 66.4 Å². The maximum absolute atomic E-state index is 12.5. The van der Waals surface area contributed by atoms with Crippen molar-refractivity contribution < 1.29 is 9.59 Å². The van der Waals surface area contributed by atoms with E-state index in [1.54, 1.807) is 10.9 Å². The van der Waals surface area contributed by atoms with Crippen molar-refractivity contribution in [3.63, 3.8) is 0 Å². The summed E-state index contributed by atoms with van der Waals surface area (Å²) in [6.45, 7) is 2.04. The quantitative estimate of drug-likeness (QED) is 0.729. The molecule has 136 valence electrons. The van der Waals surface area contributed by atoms with Crippen LogP contribution in [0.4, 0.5) is 11.5 Å². The highest BCUT2D eigenvalue weighted by Crippen LogP contribution is 2.35. The second-order valence-electron chi connectivity index (χ2n) is 6.49. The van der Waals surface area contributed by atoms with E-state index in [1.807, 2.05) is 61.5 Å². The van der Waals surface area contributed by atoms with Crippen LogP contribution in [0.2, 0.25) is 0 Å². The maximum Gasteiger partial charge on any atom is 0.251 e. The molecule has 2 aromatic carbocycles. The first-order valence-electron chi connectivity index (χ1n) is 8.99. The molecule has 2 amide bonds. The number of rotatable bonds is 5. The average molecular weight is 360 g/mol. The highest BCUT2D eigenvalue weighted by Gasteiger charge is 2.35. The van der Waals surface area contributed by atoms with E-state index in [9.17, 15) is 9.59 Å². The van der Waals surface area contributed by atoms with E-state index in [0.717, 1.165) is 28.8 Å². The molecule has 0 saturated heterocycles. The summed E-state index contributed by atoms with van der Waals surface area (Å²) < 4.78 is 1.61. The van der Waals surface area contributed by atoms with Crippen LogP contribution >= 0.6 is 0 Å². The van der Waals surface area contributed by atoms with E-state index in [0.29, 0.717) is 5.82 Å². The van der Waals surface area contributed by atoms with Crippen LogP contribution < -0.4 is 10.6 Å². The molecule has 6 heteroatoms. The summed E-state index contributed by atoms with van der Waals surface area (Å²) in [5, 5.41) is 10.1. The van der Waals surface area contributed by atoms with Gasteiger partial charge in [-0.3, -0.25) is 9.59 Å². The van der Waals surface area contributed by atoms with Gasteiger partial charge in [0.15, 0.2) is 0 Å². The molecule has 4 rings (SSSR count). The summed E-state index contributed by atoms with van der Waals surface area (Å²) in [7, 11) is 0. The third-order valence-corrected chi connectivity index (χ3v) is 4.77. The normalized spacial score (nSPS) is 15.3. The van der Waals surface area contributed by atoms with Gasteiger partial charge in [-0.05, 0) is 23.6 Å². The van der Waals surface area contributed by atoms with E-state index >= 15 is 0 Å². The lowest BCUT2D eigenvalue weighted by Crippen LogP contribution is -2.23.